The highest BCUT2D eigenvalue weighted by atomic mass is 32.2. The van der Waals surface area contributed by atoms with Gasteiger partial charge in [-0.15, -0.1) is 6.42 Å². The molecule has 26 heteroatoms. The van der Waals surface area contributed by atoms with E-state index in [2.05, 4.69) is 53.4 Å². The van der Waals surface area contributed by atoms with Gasteiger partial charge < -0.3 is 71.7 Å². The lowest BCUT2D eigenvalue weighted by molar-refractivity contribution is 0.0946. The SMILES string of the molecule is C#Cc1cc(CO)cc(Nc2cc(Oc3ccc(N(C(N)=O)c4cc(C(C)(C)C)cc(C(N)=O)c4OC)c4ccccc34)ccn2)c1.COc1cc(Nc2cc(Oc3ccc(N(C(N)=O)c4cc(C(C)(C)C)cc(NS(C)(=O)=O)c4OC)c4ccccc34)ccn2)cc(C(=O)NCCN2CCCN(C)CC2)c1. The van der Waals surface area contributed by atoms with Crippen LogP contribution in [0.4, 0.5) is 61.0 Å². The molecule has 11 N–H and O–H groups in total. The summed E-state index contributed by atoms with van der Waals surface area (Å²) in [5, 5.41) is 21.8. The first-order valence-corrected chi connectivity index (χ1v) is 36.2. The number of hydrogen-bond donors (Lipinski definition) is 8. The summed E-state index contributed by atoms with van der Waals surface area (Å²) in [7, 11) is 2.77. The summed E-state index contributed by atoms with van der Waals surface area (Å²) in [5.74, 6) is 5.36. The molecule has 2 aromatic heterocycles. The Morgan fingerprint density at radius 3 is 1.63 bits per heavy atom. The molecule has 0 aliphatic carbocycles. The molecule has 10 aromatic rings. The monoisotopic (exact) mass is 1470 g/mol. The van der Waals surface area contributed by atoms with E-state index >= 15 is 0 Å². The van der Waals surface area contributed by atoms with Gasteiger partial charge in [0.1, 0.15) is 40.4 Å². The number of nitrogens with one attached hydrogen (secondary N) is 4. The summed E-state index contributed by atoms with van der Waals surface area (Å²) < 4.78 is 57.1. The van der Waals surface area contributed by atoms with Crippen LogP contribution in [0.25, 0.3) is 21.5 Å². The zero-order valence-corrected chi connectivity index (χ0v) is 62.5. The number of terminal acetylenes is 1. The van der Waals surface area contributed by atoms with Gasteiger partial charge in [0.25, 0.3) is 11.8 Å². The van der Waals surface area contributed by atoms with Gasteiger partial charge >= 0.3 is 12.1 Å². The molecule has 1 saturated heterocycles. The normalized spacial score (nSPS) is 12.7. The van der Waals surface area contributed by atoms with E-state index in [0.717, 1.165) is 56.5 Å². The van der Waals surface area contributed by atoms with Crippen molar-refractivity contribution < 1.29 is 56.4 Å². The van der Waals surface area contributed by atoms with Crippen molar-refractivity contribution in [1.82, 2.24) is 25.1 Å². The summed E-state index contributed by atoms with van der Waals surface area (Å²) in [4.78, 5) is 68.6. The van der Waals surface area contributed by atoms with Crippen LogP contribution in [-0.4, -0.2) is 131 Å². The number of carbonyl (C=O) groups is 4. The summed E-state index contributed by atoms with van der Waals surface area (Å²) in [6, 6.07) is 44.5. The minimum Gasteiger partial charge on any atom is -0.497 e. The Bertz CT molecular complexity index is 5150. The molecule has 0 atom stereocenters. The van der Waals surface area contributed by atoms with Crippen LogP contribution in [0.5, 0.6) is 40.2 Å². The topological polar surface area (TPSA) is 334 Å². The van der Waals surface area contributed by atoms with Gasteiger partial charge in [0, 0.05) is 101 Å². The summed E-state index contributed by atoms with van der Waals surface area (Å²) in [5.41, 5.74) is 23.3. The average Bonchev–Trinajstić information content (AvgIpc) is 0.924. The van der Waals surface area contributed by atoms with Crippen molar-refractivity contribution in [3.8, 4) is 52.6 Å². The molecule has 0 bridgehead atoms. The maximum absolute atomic E-state index is 13.4. The van der Waals surface area contributed by atoms with E-state index in [4.69, 9.17) is 47.3 Å². The molecule has 1 aliphatic heterocycles. The number of nitrogens with two attached hydrogens (primary N) is 3. The molecule has 6 amide bonds. The molecule has 11 rings (SSSR count). The molecule has 3 heterocycles. The van der Waals surface area contributed by atoms with Gasteiger partial charge in [0.15, 0.2) is 11.5 Å². The molecule has 0 spiro atoms. The van der Waals surface area contributed by atoms with Crippen LogP contribution in [0, 0.1) is 12.3 Å². The van der Waals surface area contributed by atoms with Crippen molar-refractivity contribution >= 4 is 107 Å². The lowest BCUT2D eigenvalue weighted by atomic mass is 9.85. The van der Waals surface area contributed by atoms with E-state index in [-0.39, 0.29) is 46.6 Å². The van der Waals surface area contributed by atoms with Gasteiger partial charge in [-0.2, -0.15) is 0 Å². The van der Waals surface area contributed by atoms with Crippen molar-refractivity contribution in [3.05, 3.63) is 203 Å². The molecule has 25 nitrogen and oxygen atoms in total. The fourth-order valence-corrected chi connectivity index (χ4v) is 12.9. The van der Waals surface area contributed by atoms with Gasteiger partial charge in [0.05, 0.1) is 68.2 Å². The number of urea groups is 2. The fourth-order valence-electron chi connectivity index (χ4n) is 12.4. The molecule has 0 saturated carbocycles. The van der Waals surface area contributed by atoms with Crippen molar-refractivity contribution in [2.45, 2.75) is 65.4 Å². The highest BCUT2D eigenvalue weighted by Gasteiger charge is 2.31. The molecule has 0 unspecified atom stereocenters. The molecular formula is C81H89N13O12S. The van der Waals surface area contributed by atoms with Crippen LogP contribution in [0.1, 0.15) is 90.9 Å². The van der Waals surface area contributed by atoms with Gasteiger partial charge in [0.2, 0.25) is 10.0 Å². The van der Waals surface area contributed by atoms with E-state index in [1.54, 1.807) is 129 Å². The number of sulfonamides is 1. The first kappa shape index (κ1) is 77.5. The minimum atomic E-state index is -3.72. The van der Waals surface area contributed by atoms with Crippen LogP contribution in [0.15, 0.2) is 170 Å². The van der Waals surface area contributed by atoms with E-state index in [1.165, 1.54) is 24.0 Å². The van der Waals surface area contributed by atoms with Gasteiger partial charge in [-0.05, 0) is 145 Å². The number of ether oxygens (including phenoxy) is 5. The number of methoxy groups -OCH3 is 3. The number of likely N-dealkylation sites (N-methyl/N-ethyl adjacent to an activating group) is 1. The Morgan fingerprint density at radius 1 is 0.598 bits per heavy atom. The second-order valence-electron chi connectivity index (χ2n) is 27.6. The highest BCUT2D eigenvalue weighted by molar-refractivity contribution is 7.92. The first-order chi connectivity index (χ1) is 50.9. The Morgan fingerprint density at radius 2 is 1.13 bits per heavy atom. The number of carbonyl (C=O) groups excluding carboxylic acids is 4. The van der Waals surface area contributed by atoms with Crippen molar-refractivity contribution in [2.24, 2.45) is 17.2 Å². The zero-order valence-electron chi connectivity index (χ0n) is 61.7. The molecule has 1 aliphatic rings. The second-order valence-corrected chi connectivity index (χ2v) is 29.4. The molecule has 107 heavy (non-hydrogen) atoms. The van der Waals surface area contributed by atoms with Gasteiger partial charge in [-0.25, -0.2) is 28.0 Å². The number of amides is 6. The van der Waals surface area contributed by atoms with Gasteiger partial charge in [-0.1, -0.05) is 96.0 Å². The minimum absolute atomic E-state index is 0.119. The zero-order chi connectivity index (χ0) is 77.1. The predicted octanol–water partition coefficient (Wildman–Crippen LogP) is 13.9. The average molecular weight is 1470 g/mol. The van der Waals surface area contributed by atoms with E-state index in [1.807, 2.05) is 90.1 Å². The number of nitrogens with zero attached hydrogens (tertiary/aromatic N) is 6. The molecule has 1 fully saturated rings. The van der Waals surface area contributed by atoms with Crippen molar-refractivity contribution in [1.29, 1.82) is 0 Å². The number of pyridine rings is 2. The number of anilines is 9. The van der Waals surface area contributed by atoms with E-state index < -0.39 is 38.8 Å². The number of aliphatic hydroxyl groups is 1. The number of benzene rings is 8. The smallest absolute Gasteiger partial charge is 0.324 e. The Hall–Kier alpha value is -12.2. The first-order valence-electron chi connectivity index (χ1n) is 34.3. The summed E-state index contributed by atoms with van der Waals surface area (Å²) in [6.07, 6.45) is 10.9. The third-order valence-corrected chi connectivity index (χ3v) is 18.3. The quantitative estimate of drug-likeness (QED) is 0.0276. The standard InChI is InChI=1S/C44H54N8O7S.C37H35N5O5/c1-44(2,3)30-25-36(49-60(7,55)56)41(58-6)38(26-30)52(43(45)54)37-13-14-39(35-12-9-8-11-34(35)37)59-32-15-16-46-40(28-32)48-31-23-29(24-33(27-31)57-5)42(53)47-17-20-51-19-10-18-50(4)21-22-51;1-6-22-15-23(21-43)17-25(16-22)41-33-20-26(13-14-40-33)47-32-12-11-30(27-9-7-8-10-28(27)32)42(36(39)45)31-19-24(37(2,3)4)18-29(35(38)44)34(31)46-5/h8-9,11-16,23-28,49H,10,17-22H2,1-7H3,(H2,45,54)(H,46,48)(H,47,53);1,7-20,43H,21H2,2-5H3,(H2,38,44)(H2,39,45)(H,40,41). The molecule has 556 valence electrons. The van der Waals surface area contributed by atoms with Crippen molar-refractivity contribution in [2.75, 3.05) is 99.1 Å². The van der Waals surface area contributed by atoms with Gasteiger partial charge in [-0.3, -0.25) is 24.1 Å². The van der Waals surface area contributed by atoms with Crippen LogP contribution < -0.4 is 71.4 Å². The number of hydrogen-bond acceptors (Lipinski definition) is 18. The van der Waals surface area contributed by atoms with Crippen molar-refractivity contribution in [3.63, 3.8) is 0 Å². The Balaban J connectivity index is 0.000000235. The lowest BCUT2D eigenvalue weighted by Crippen LogP contribution is -2.36. The highest BCUT2D eigenvalue weighted by Crippen LogP contribution is 2.48. The summed E-state index contributed by atoms with van der Waals surface area (Å²) in [6.45, 7) is 17.1. The number of aliphatic hydroxyl groups excluding tert-OH is 1. The van der Waals surface area contributed by atoms with Crippen LogP contribution in [-0.2, 0) is 27.5 Å². The maximum atomic E-state index is 13.4. The number of primary amides is 3. The number of fused-ring (bicyclic) bond motifs is 2. The molecule has 0 radical (unpaired) electrons. The Kier molecular flexibility index (Phi) is 24.1. The van der Waals surface area contributed by atoms with Crippen LogP contribution >= 0.6 is 0 Å². The summed E-state index contributed by atoms with van der Waals surface area (Å²) >= 11 is 0. The number of rotatable bonds is 23. The molecule has 8 aromatic carbocycles. The largest absolute Gasteiger partial charge is 0.497 e. The van der Waals surface area contributed by atoms with Crippen LogP contribution in [0.3, 0.4) is 0 Å². The van der Waals surface area contributed by atoms with E-state index in [0.29, 0.717) is 108 Å². The second kappa shape index (κ2) is 33.3. The maximum Gasteiger partial charge on any atom is 0.324 e. The third kappa shape index (κ3) is 19.1. The fraction of sp³-hybridized carbons (Fsp3) is 0.259. The Labute approximate surface area is 623 Å². The molecular weight excluding hydrogens is 1380 g/mol. The number of aromatic nitrogens is 2. The lowest BCUT2D eigenvalue weighted by Gasteiger charge is -2.29. The third-order valence-electron chi connectivity index (χ3n) is 17.7. The predicted molar refractivity (Wildman–Crippen MR) is 421 cm³/mol. The van der Waals surface area contributed by atoms with Crippen LogP contribution in [0.2, 0.25) is 0 Å². The van der Waals surface area contributed by atoms with E-state index in [9.17, 15) is 32.7 Å².